The van der Waals surface area contributed by atoms with E-state index >= 15 is 0 Å². The maximum Gasteiger partial charge on any atom is 0.0776 e. The fourth-order valence-electron chi connectivity index (χ4n) is 2.06. The van der Waals surface area contributed by atoms with Crippen LogP contribution in [0.1, 0.15) is 39.5 Å². The van der Waals surface area contributed by atoms with Crippen LogP contribution < -0.4 is 5.32 Å². The maximum atomic E-state index is 5.81. The first kappa shape index (κ1) is 12.9. The van der Waals surface area contributed by atoms with Crippen LogP contribution in [0.5, 0.6) is 0 Å². The molecule has 0 saturated heterocycles. The molecule has 0 aromatic carbocycles. The lowest BCUT2D eigenvalue weighted by Gasteiger charge is -2.29. The summed E-state index contributed by atoms with van der Waals surface area (Å²) < 4.78 is 11.0. The van der Waals surface area contributed by atoms with Gasteiger partial charge in [0.25, 0.3) is 0 Å². The quantitative estimate of drug-likeness (QED) is 0.734. The Labute approximate surface area is 93.5 Å². The Morgan fingerprint density at radius 3 is 2.47 bits per heavy atom. The largest absolute Gasteiger partial charge is 0.379 e. The number of methoxy groups -OCH3 is 1. The van der Waals surface area contributed by atoms with E-state index in [1.54, 1.807) is 7.11 Å². The van der Waals surface area contributed by atoms with Gasteiger partial charge in [-0.3, -0.25) is 0 Å². The van der Waals surface area contributed by atoms with Crippen molar-refractivity contribution in [3.63, 3.8) is 0 Å². The van der Waals surface area contributed by atoms with E-state index in [0.717, 1.165) is 19.2 Å². The Hall–Kier alpha value is -0.120. The summed E-state index contributed by atoms with van der Waals surface area (Å²) in [7, 11) is 1.73. The van der Waals surface area contributed by atoms with Crippen molar-refractivity contribution in [1.29, 1.82) is 0 Å². The third kappa shape index (κ3) is 4.96. The number of hydrogen-bond acceptors (Lipinski definition) is 3. The van der Waals surface area contributed by atoms with Crippen molar-refractivity contribution in [2.45, 2.75) is 57.8 Å². The van der Waals surface area contributed by atoms with E-state index in [1.807, 2.05) is 6.92 Å². The average Bonchev–Trinajstić information content (AvgIpc) is 2.28. The van der Waals surface area contributed by atoms with Crippen molar-refractivity contribution in [2.24, 2.45) is 0 Å². The van der Waals surface area contributed by atoms with E-state index in [0.29, 0.717) is 6.10 Å². The van der Waals surface area contributed by atoms with E-state index in [4.69, 9.17) is 9.47 Å². The van der Waals surface area contributed by atoms with Crippen LogP contribution in [0.15, 0.2) is 0 Å². The van der Waals surface area contributed by atoms with E-state index in [9.17, 15) is 0 Å². The van der Waals surface area contributed by atoms with Crippen LogP contribution in [0.25, 0.3) is 0 Å². The smallest absolute Gasteiger partial charge is 0.0776 e. The molecule has 1 rings (SSSR count). The van der Waals surface area contributed by atoms with Crippen molar-refractivity contribution in [3.05, 3.63) is 0 Å². The number of rotatable bonds is 6. The van der Waals surface area contributed by atoms with Crippen LogP contribution >= 0.6 is 0 Å². The van der Waals surface area contributed by atoms with Crippen LogP contribution in [0.2, 0.25) is 0 Å². The first-order valence-corrected chi connectivity index (χ1v) is 6.14. The van der Waals surface area contributed by atoms with Crippen LogP contribution in [0.4, 0.5) is 0 Å². The lowest BCUT2D eigenvalue weighted by atomic mass is 9.93. The maximum absolute atomic E-state index is 5.81. The van der Waals surface area contributed by atoms with Gasteiger partial charge in [-0.15, -0.1) is 0 Å². The van der Waals surface area contributed by atoms with Crippen LogP contribution in [-0.4, -0.2) is 38.5 Å². The highest BCUT2D eigenvalue weighted by atomic mass is 16.5. The molecule has 1 N–H and O–H groups in total. The van der Waals surface area contributed by atoms with Gasteiger partial charge in [-0.05, 0) is 39.2 Å². The molecule has 1 unspecified atom stereocenters. The monoisotopic (exact) mass is 215 g/mol. The molecular formula is C12H25NO2. The van der Waals surface area contributed by atoms with Crippen molar-refractivity contribution in [1.82, 2.24) is 5.32 Å². The average molecular weight is 215 g/mol. The molecule has 0 heterocycles. The van der Waals surface area contributed by atoms with Crippen LogP contribution in [0.3, 0.4) is 0 Å². The molecule has 0 aromatic rings. The van der Waals surface area contributed by atoms with Crippen molar-refractivity contribution >= 4 is 0 Å². The summed E-state index contributed by atoms with van der Waals surface area (Å²) in [5.41, 5.74) is 0. The molecule has 1 fully saturated rings. The zero-order valence-electron chi connectivity index (χ0n) is 10.3. The summed E-state index contributed by atoms with van der Waals surface area (Å²) in [6.45, 7) is 6.02. The fourth-order valence-corrected chi connectivity index (χ4v) is 2.06. The highest BCUT2D eigenvalue weighted by Gasteiger charge is 2.21. The highest BCUT2D eigenvalue weighted by molar-refractivity contribution is 4.77. The standard InChI is InChI=1S/C12H25NO2/c1-4-13-11-5-7-12(8-6-11)15-9-10(2)14-3/h10-13H,4-9H2,1-3H3. The molecule has 1 aliphatic carbocycles. The Balaban J connectivity index is 2.09. The summed E-state index contributed by atoms with van der Waals surface area (Å²) in [6.07, 6.45) is 5.55. The predicted octanol–water partition coefficient (Wildman–Crippen LogP) is 1.96. The van der Waals surface area contributed by atoms with Crippen molar-refractivity contribution in [3.8, 4) is 0 Å². The van der Waals surface area contributed by atoms with Crippen LogP contribution in [0, 0.1) is 0 Å². The van der Waals surface area contributed by atoms with Gasteiger partial charge < -0.3 is 14.8 Å². The summed E-state index contributed by atoms with van der Waals surface area (Å²) in [6, 6.07) is 0.717. The second-order valence-electron chi connectivity index (χ2n) is 4.41. The SMILES string of the molecule is CCNC1CCC(OCC(C)OC)CC1. The zero-order valence-corrected chi connectivity index (χ0v) is 10.3. The first-order valence-electron chi connectivity index (χ1n) is 6.14. The van der Waals surface area contributed by atoms with Gasteiger partial charge in [0, 0.05) is 13.2 Å². The van der Waals surface area contributed by atoms with Gasteiger partial charge in [0.1, 0.15) is 0 Å². The van der Waals surface area contributed by atoms with Gasteiger partial charge in [-0.2, -0.15) is 0 Å². The highest BCUT2D eigenvalue weighted by Crippen LogP contribution is 2.21. The van der Waals surface area contributed by atoms with E-state index in [2.05, 4.69) is 12.2 Å². The summed E-state index contributed by atoms with van der Waals surface area (Å²) in [4.78, 5) is 0. The Morgan fingerprint density at radius 2 is 1.93 bits per heavy atom. The van der Waals surface area contributed by atoms with Gasteiger partial charge in [0.2, 0.25) is 0 Å². The molecule has 3 heteroatoms. The molecule has 15 heavy (non-hydrogen) atoms. The topological polar surface area (TPSA) is 30.5 Å². The second-order valence-corrected chi connectivity index (χ2v) is 4.41. The summed E-state index contributed by atoms with van der Waals surface area (Å²) in [5, 5.41) is 3.50. The normalized spacial score (nSPS) is 29.0. The molecular weight excluding hydrogens is 190 g/mol. The summed E-state index contributed by atoms with van der Waals surface area (Å²) in [5.74, 6) is 0. The van der Waals surface area contributed by atoms with Gasteiger partial charge in [-0.25, -0.2) is 0 Å². The van der Waals surface area contributed by atoms with Gasteiger partial charge in [0.15, 0.2) is 0 Å². The Kier molecular flexibility index (Phi) is 6.22. The molecule has 3 nitrogen and oxygen atoms in total. The molecule has 0 aliphatic heterocycles. The lowest BCUT2D eigenvalue weighted by molar-refractivity contribution is -0.0347. The van der Waals surface area contributed by atoms with Gasteiger partial charge >= 0.3 is 0 Å². The van der Waals surface area contributed by atoms with Crippen molar-refractivity contribution < 1.29 is 9.47 Å². The third-order valence-electron chi connectivity index (χ3n) is 3.14. The molecule has 90 valence electrons. The van der Waals surface area contributed by atoms with Crippen LogP contribution in [-0.2, 0) is 9.47 Å². The molecule has 1 aliphatic rings. The van der Waals surface area contributed by atoms with E-state index < -0.39 is 0 Å². The molecule has 0 spiro atoms. The molecule has 0 amide bonds. The van der Waals surface area contributed by atoms with E-state index in [1.165, 1.54) is 25.7 Å². The molecule has 0 bridgehead atoms. The third-order valence-corrected chi connectivity index (χ3v) is 3.14. The predicted molar refractivity (Wildman–Crippen MR) is 62.1 cm³/mol. The minimum absolute atomic E-state index is 0.219. The fraction of sp³-hybridized carbons (Fsp3) is 1.00. The first-order chi connectivity index (χ1) is 7.26. The minimum Gasteiger partial charge on any atom is -0.379 e. The van der Waals surface area contributed by atoms with Gasteiger partial charge in [0.05, 0.1) is 18.8 Å². The lowest BCUT2D eigenvalue weighted by Crippen LogP contribution is -2.35. The molecule has 0 radical (unpaired) electrons. The molecule has 1 saturated carbocycles. The Bertz CT molecular complexity index is 156. The number of hydrogen-bond donors (Lipinski definition) is 1. The number of ether oxygens (including phenoxy) is 2. The molecule has 0 aromatic heterocycles. The summed E-state index contributed by atoms with van der Waals surface area (Å²) >= 11 is 0. The van der Waals surface area contributed by atoms with Crippen molar-refractivity contribution in [2.75, 3.05) is 20.3 Å². The second kappa shape index (κ2) is 7.20. The zero-order chi connectivity index (χ0) is 11.1. The Morgan fingerprint density at radius 1 is 1.27 bits per heavy atom. The van der Waals surface area contributed by atoms with Gasteiger partial charge in [-0.1, -0.05) is 6.92 Å². The number of nitrogens with one attached hydrogen (secondary N) is 1. The van der Waals surface area contributed by atoms with E-state index in [-0.39, 0.29) is 6.10 Å². The molecule has 1 atom stereocenters. The minimum atomic E-state index is 0.219.